The monoisotopic (exact) mass is 336 g/mol. The highest BCUT2D eigenvalue weighted by atomic mass is 16.2. The molecule has 3 nitrogen and oxygen atoms in total. The molecule has 0 aliphatic carbocycles. The molecule has 1 saturated heterocycles. The summed E-state index contributed by atoms with van der Waals surface area (Å²) in [5.74, 6) is 0.155. The van der Waals surface area contributed by atoms with Gasteiger partial charge in [-0.2, -0.15) is 0 Å². The zero-order valence-corrected chi connectivity index (χ0v) is 15.8. The summed E-state index contributed by atoms with van der Waals surface area (Å²) in [6.07, 6.45) is 0. The predicted octanol–water partition coefficient (Wildman–Crippen LogP) is 3.88. The van der Waals surface area contributed by atoms with Crippen molar-refractivity contribution in [3.8, 4) is 0 Å². The van der Waals surface area contributed by atoms with Crippen LogP contribution in [0.15, 0.2) is 36.4 Å². The molecule has 0 spiro atoms. The van der Waals surface area contributed by atoms with Crippen LogP contribution in [0.1, 0.15) is 38.2 Å². The van der Waals surface area contributed by atoms with Crippen LogP contribution in [-0.4, -0.2) is 41.9 Å². The van der Waals surface area contributed by atoms with Crippen LogP contribution in [-0.2, 0) is 6.54 Å². The van der Waals surface area contributed by atoms with E-state index in [1.807, 2.05) is 36.1 Å². The van der Waals surface area contributed by atoms with Crippen molar-refractivity contribution in [2.75, 3.05) is 26.2 Å². The average molecular weight is 336 g/mol. The van der Waals surface area contributed by atoms with Gasteiger partial charge in [-0.1, -0.05) is 29.8 Å². The number of rotatable bonds is 3. The minimum atomic E-state index is 0.155. The van der Waals surface area contributed by atoms with Crippen molar-refractivity contribution in [3.05, 3.63) is 69.8 Å². The summed E-state index contributed by atoms with van der Waals surface area (Å²) < 4.78 is 0. The van der Waals surface area contributed by atoms with Crippen LogP contribution in [0, 0.1) is 27.7 Å². The Bertz CT molecular complexity index is 756. The van der Waals surface area contributed by atoms with E-state index in [9.17, 15) is 4.79 Å². The quantitative estimate of drug-likeness (QED) is 0.849. The van der Waals surface area contributed by atoms with Crippen LogP contribution in [0.4, 0.5) is 0 Å². The number of hydrogen-bond donors (Lipinski definition) is 0. The summed E-state index contributed by atoms with van der Waals surface area (Å²) in [5.41, 5.74) is 7.46. The lowest BCUT2D eigenvalue weighted by atomic mass is 10.0. The fourth-order valence-corrected chi connectivity index (χ4v) is 3.42. The molecule has 132 valence electrons. The van der Waals surface area contributed by atoms with Gasteiger partial charge in [0.1, 0.15) is 0 Å². The zero-order chi connectivity index (χ0) is 18.0. The number of carbonyl (C=O) groups excluding carboxylic acids is 1. The molecule has 0 radical (unpaired) electrons. The molecule has 0 N–H and O–H groups in total. The third kappa shape index (κ3) is 4.10. The van der Waals surface area contributed by atoms with E-state index >= 15 is 0 Å². The highest BCUT2D eigenvalue weighted by molar-refractivity contribution is 5.94. The van der Waals surface area contributed by atoms with E-state index in [1.54, 1.807) is 0 Å². The number of carbonyl (C=O) groups is 1. The molecule has 1 heterocycles. The molecule has 2 aromatic carbocycles. The highest BCUT2D eigenvalue weighted by Crippen LogP contribution is 2.18. The summed E-state index contributed by atoms with van der Waals surface area (Å²) in [5, 5.41) is 0. The van der Waals surface area contributed by atoms with Gasteiger partial charge in [0.25, 0.3) is 5.91 Å². The normalized spacial score (nSPS) is 15.4. The summed E-state index contributed by atoms with van der Waals surface area (Å²) in [6.45, 7) is 13.0. The Morgan fingerprint density at radius 1 is 0.840 bits per heavy atom. The first kappa shape index (κ1) is 17.7. The second kappa shape index (κ2) is 7.40. The second-order valence-corrected chi connectivity index (χ2v) is 7.30. The maximum Gasteiger partial charge on any atom is 0.253 e. The first-order valence-corrected chi connectivity index (χ1v) is 9.09. The van der Waals surface area contributed by atoms with Crippen LogP contribution in [0.25, 0.3) is 0 Å². The Labute approximate surface area is 151 Å². The topological polar surface area (TPSA) is 23.6 Å². The minimum Gasteiger partial charge on any atom is -0.336 e. The standard InChI is InChI=1S/C22H28N2O/c1-16-5-7-20(8-6-16)22(25)24-11-9-23(10-12-24)15-21-14-18(3)17(2)13-19(21)4/h5-8,13-14H,9-12,15H2,1-4H3. The maximum absolute atomic E-state index is 12.6. The molecule has 3 heteroatoms. The molecule has 1 aliphatic heterocycles. The lowest BCUT2D eigenvalue weighted by Crippen LogP contribution is -2.48. The van der Waals surface area contributed by atoms with E-state index in [0.29, 0.717) is 0 Å². The average Bonchev–Trinajstić information content (AvgIpc) is 2.60. The molecule has 25 heavy (non-hydrogen) atoms. The van der Waals surface area contributed by atoms with Crippen molar-refractivity contribution in [3.63, 3.8) is 0 Å². The van der Waals surface area contributed by atoms with Gasteiger partial charge in [-0.05, 0) is 62.1 Å². The van der Waals surface area contributed by atoms with Crippen molar-refractivity contribution < 1.29 is 4.79 Å². The Balaban J connectivity index is 1.59. The molecular formula is C22H28N2O. The molecule has 0 unspecified atom stereocenters. The molecule has 0 atom stereocenters. The Kier molecular flexibility index (Phi) is 5.24. The third-order valence-corrected chi connectivity index (χ3v) is 5.30. The molecule has 2 aromatic rings. The van der Waals surface area contributed by atoms with Crippen molar-refractivity contribution in [2.24, 2.45) is 0 Å². The number of amides is 1. The molecule has 0 bridgehead atoms. The van der Waals surface area contributed by atoms with Gasteiger partial charge in [0, 0.05) is 38.3 Å². The van der Waals surface area contributed by atoms with Crippen molar-refractivity contribution in [1.82, 2.24) is 9.80 Å². The lowest BCUT2D eigenvalue weighted by molar-refractivity contribution is 0.0628. The molecule has 1 fully saturated rings. The van der Waals surface area contributed by atoms with Crippen molar-refractivity contribution in [2.45, 2.75) is 34.2 Å². The maximum atomic E-state index is 12.6. The van der Waals surface area contributed by atoms with Gasteiger partial charge in [-0.3, -0.25) is 9.69 Å². The first-order valence-electron chi connectivity index (χ1n) is 9.09. The number of hydrogen-bond acceptors (Lipinski definition) is 2. The van der Waals surface area contributed by atoms with Crippen LogP contribution >= 0.6 is 0 Å². The molecule has 3 rings (SSSR count). The van der Waals surface area contributed by atoms with Crippen LogP contribution in [0.2, 0.25) is 0 Å². The van der Waals surface area contributed by atoms with Crippen molar-refractivity contribution in [1.29, 1.82) is 0 Å². The number of piperazine rings is 1. The number of aryl methyl sites for hydroxylation is 4. The van der Waals surface area contributed by atoms with E-state index in [4.69, 9.17) is 0 Å². The summed E-state index contributed by atoms with van der Waals surface area (Å²) in [7, 11) is 0. The second-order valence-electron chi connectivity index (χ2n) is 7.30. The van der Waals surface area contributed by atoms with E-state index in [0.717, 1.165) is 38.3 Å². The fraction of sp³-hybridized carbons (Fsp3) is 0.409. The molecule has 1 aliphatic rings. The SMILES string of the molecule is Cc1ccc(C(=O)N2CCN(Cc3cc(C)c(C)cc3C)CC2)cc1. The van der Waals surface area contributed by atoms with Crippen LogP contribution in [0.3, 0.4) is 0 Å². The van der Waals surface area contributed by atoms with Gasteiger partial charge in [0.15, 0.2) is 0 Å². The third-order valence-electron chi connectivity index (χ3n) is 5.30. The van der Waals surface area contributed by atoms with Gasteiger partial charge in [0.2, 0.25) is 0 Å². The summed E-state index contributed by atoms with van der Waals surface area (Å²) in [4.78, 5) is 17.1. The van der Waals surface area contributed by atoms with Gasteiger partial charge >= 0.3 is 0 Å². The van der Waals surface area contributed by atoms with Gasteiger partial charge < -0.3 is 4.90 Å². The van der Waals surface area contributed by atoms with Gasteiger partial charge in [-0.25, -0.2) is 0 Å². The van der Waals surface area contributed by atoms with Crippen LogP contribution in [0.5, 0.6) is 0 Å². The van der Waals surface area contributed by atoms with Crippen molar-refractivity contribution >= 4 is 5.91 Å². The van der Waals surface area contributed by atoms with E-state index in [-0.39, 0.29) is 5.91 Å². The predicted molar refractivity (Wildman–Crippen MR) is 103 cm³/mol. The fourth-order valence-electron chi connectivity index (χ4n) is 3.42. The summed E-state index contributed by atoms with van der Waals surface area (Å²) in [6, 6.07) is 12.5. The molecular weight excluding hydrogens is 308 g/mol. The Morgan fingerprint density at radius 3 is 2.08 bits per heavy atom. The molecule has 0 saturated carbocycles. The molecule has 0 aromatic heterocycles. The van der Waals surface area contributed by atoms with Gasteiger partial charge in [0.05, 0.1) is 0 Å². The Hall–Kier alpha value is -2.13. The van der Waals surface area contributed by atoms with Gasteiger partial charge in [-0.15, -0.1) is 0 Å². The lowest BCUT2D eigenvalue weighted by Gasteiger charge is -2.35. The largest absolute Gasteiger partial charge is 0.336 e. The Morgan fingerprint density at radius 2 is 1.44 bits per heavy atom. The number of benzene rings is 2. The molecule has 1 amide bonds. The van der Waals surface area contributed by atoms with Crippen LogP contribution < -0.4 is 0 Å². The highest BCUT2D eigenvalue weighted by Gasteiger charge is 2.22. The minimum absolute atomic E-state index is 0.155. The van der Waals surface area contributed by atoms with E-state index < -0.39 is 0 Å². The van der Waals surface area contributed by atoms with E-state index in [1.165, 1.54) is 27.8 Å². The van der Waals surface area contributed by atoms with E-state index in [2.05, 4.69) is 37.8 Å². The first-order chi connectivity index (χ1) is 11.9. The zero-order valence-electron chi connectivity index (χ0n) is 15.8. The summed E-state index contributed by atoms with van der Waals surface area (Å²) >= 11 is 0. The number of nitrogens with zero attached hydrogens (tertiary/aromatic N) is 2. The smallest absolute Gasteiger partial charge is 0.253 e.